The SMILES string of the molecule is CCOC(=O)Nc1cccc(C(=O)OCc2cccc(F)c2F)c1. The third kappa shape index (κ3) is 4.52. The molecule has 1 amide bonds. The lowest BCUT2D eigenvalue weighted by Crippen LogP contribution is -2.14. The highest BCUT2D eigenvalue weighted by Crippen LogP contribution is 2.15. The molecular formula is C17H15F2NO4. The standard InChI is InChI=1S/C17H15F2NO4/c1-2-23-17(22)20-13-7-3-5-11(9-13)16(21)24-10-12-6-4-8-14(18)15(12)19/h3-9H,2,10H2,1H3,(H,20,22). The molecular weight excluding hydrogens is 320 g/mol. The predicted octanol–water partition coefficient (Wildman–Crippen LogP) is 3.89. The van der Waals surface area contributed by atoms with Crippen molar-refractivity contribution < 1.29 is 27.8 Å². The first kappa shape index (κ1) is 17.4. The molecule has 126 valence electrons. The molecule has 0 aliphatic rings. The summed E-state index contributed by atoms with van der Waals surface area (Å²) in [6, 6.07) is 9.60. The normalized spacial score (nSPS) is 10.1. The minimum absolute atomic E-state index is 0.0656. The van der Waals surface area contributed by atoms with Gasteiger partial charge < -0.3 is 9.47 Å². The van der Waals surface area contributed by atoms with Gasteiger partial charge in [0.2, 0.25) is 0 Å². The Morgan fingerprint density at radius 3 is 2.58 bits per heavy atom. The molecule has 5 nitrogen and oxygen atoms in total. The molecule has 0 aliphatic heterocycles. The molecule has 0 saturated carbocycles. The third-order valence-electron chi connectivity index (χ3n) is 3.01. The fraction of sp³-hybridized carbons (Fsp3) is 0.176. The summed E-state index contributed by atoms with van der Waals surface area (Å²) in [5.41, 5.74) is 0.435. The monoisotopic (exact) mass is 335 g/mol. The van der Waals surface area contributed by atoms with E-state index in [2.05, 4.69) is 5.32 Å². The first-order valence-corrected chi connectivity index (χ1v) is 7.15. The number of halogens is 2. The van der Waals surface area contributed by atoms with Gasteiger partial charge in [-0.3, -0.25) is 5.32 Å². The van der Waals surface area contributed by atoms with Crippen LogP contribution in [0.25, 0.3) is 0 Å². The van der Waals surface area contributed by atoms with Crippen LogP contribution in [0.1, 0.15) is 22.8 Å². The van der Waals surface area contributed by atoms with Crippen LogP contribution in [0, 0.1) is 11.6 Å². The molecule has 0 unspecified atom stereocenters. The Hall–Kier alpha value is -2.96. The van der Waals surface area contributed by atoms with E-state index in [1.165, 1.54) is 24.3 Å². The van der Waals surface area contributed by atoms with Crippen LogP contribution in [-0.4, -0.2) is 18.7 Å². The van der Waals surface area contributed by atoms with Crippen LogP contribution in [0.5, 0.6) is 0 Å². The molecule has 0 bridgehead atoms. The highest BCUT2D eigenvalue weighted by atomic mass is 19.2. The van der Waals surface area contributed by atoms with Gasteiger partial charge in [0.05, 0.1) is 12.2 Å². The number of rotatable bonds is 5. The van der Waals surface area contributed by atoms with E-state index in [0.29, 0.717) is 5.69 Å². The molecule has 2 aromatic carbocycles. The van der Waals surface area contributed by atoms with E-state index in [9.17, 15) is 18.4 Å². The zero-order valence-electron chi connectivity index (χ0n) is 12.8. The number of amides is 1. The second kappa shape index (κ2) is 8.05. The smallest absolute Gasteiger partial charge is 0.411 e. The molecule has 7 heteroatoms. The second-order valence-electron chi connectivity index (χ2n) is 4.72. The summed E-state index contributed by atoms with van der Waals surface area (Å²) in [6.07, 6.45) is -0.648. The number of carbonyl (C=O) groups excluding carboxylic acids is 2. The summed E-state index contributed by atoms with van der Waals surface area (Å²) < 4.78 is 36.3. The summed E-state index contributed by atoms with van der Waals surface area (Å²) in [4.78, 5) is 23.3. The van der Waals surface area contributed by atoms with Gasteiger partial charge in [0.15, 0.2) is 11.6 Å². The Bertz CT molecular complexity index is 749. The number of carbonyl (C=O) groups is 2. The van der Waals surface area contributed by atoms with Crippen molar-refractivity contribution in [3.8, 4) is 0 Å². The molecule has 0 aromatic heterocycles. The lowest BCUT2D eigenvalue weighted by molar-refractivity contribution is 0.0468. The van der Waals surface area contributed by atoms with Gasteiger partial charge in [-0.15, -0.1) is 0 Å². The molecule has 24 heavy (non-hydrogen) atoms. The van der Waals surface area contributed by atoms with Gasteiger partial charge in [0.25, 0.3) is 0 Å². The van der Waals surface area contributed by atoms with Crippen molar-refractivity contribution in [1.29, 1.82) is 0 Å². The Kier molecular flexibility index (Phi) is 5.83. The van der Waals surface area contributed by atoms with E-state index in [4.69, 9.17) is 9.47 Å². The maximum atomic E-state index is 13.5. The zero-order chi connectivity index (χ0) is 17.5. The average molecular weight is 335 g/mol. The summed E-state index contributed by atoms with van der Waals surface area (Å²) in [5.74, 6) is -2.79. The van der Waals surface area contributed by atoms with Crippen LogP contribution in [0.15, 0.2) is 42.5 Å². The van der Waals surface area contributed by atoms with Crippen LogP contribution in [0.2, 0.25) is 0 Å². The van der Waals surface area contributed by atoms with Crippen molar-refractivity contribution in [2.75, 3.05) is 11.9 Å². The van der Waals surface area contributed by atoms with Crippen LogP contribution in [0.3, 0.4) is 0 Å². The molecule has 0 saturated heterocycles. The zero-order valence-corrected chi connectivity index (χ0v) is 12.8. The van der Waals surface area contributed by atoms with E-state index in [-0.39, 0.29) is 17.7 Å². The van der Waals surface area contributed by atoms with Crippen molar-refractivity contribution >= 4 is 17.7 Å². The van der Waals surface area contributed by atoms with Gasteiger partial charge in [-0.1, -0.05) is 18.2 Å². The first-order chi connectivity index (χ1) is 11.5. The van der Waals surface area contributed by atoms with Gasteiger partial charge in [-0.2, -0.15) is 0 Å². The molecule has 0 spiro atoms. The van der Waals surface area contributed by atoms with Gasteiger partial charge in [0.1, 0.15) is 6.61 Å². The summed E-state index contributed by atoms with van der Waals surface area (Å²) in [6.45, 7) is 1.48. The van der Waals surface area contributed by atoms with Crippen molar-refractivity contribution in [3.05, 3.63) is 65.2 Å². The topological polar surface area (TPSA) is 64.6 Å². The quantitative estimate of drug-likeness (QED) is 0.842. The maximum Gasteiger partial charge on any atom is 0.411 e. The fourth-order valence-electron chi connectivity index (χ4n) is 1.90. The van der Waals surface area contributed by atoms with E-state index >= 15 is 0 Å². The largest absolute Gasteiger partial charge is 0.457 e. The predicted molar refractivity (Wildman–Crippen MR) is 82.6 cm³/mol. The van der Waals surface area contributed by atoms with E-state index in [1.54, 1.807) is 19.1 Å². The molecule has 0 aliphatic carbocycles. The highest BCUT2D eigenvalue weighted by molar-refractivity contribution is 5.92. The van der Waals surface area contributed by atoms with Crippen molar-refractivity contribution in [2.45, 2.75) is 13.5 Å². The minimum Gasteiger partial charge on any atom is -0.457 e. The number of esters is 1. The van der Waals surface area contributed by atoms with Crippen LogP contribution in [-0.2, 0) is 16.1 Å². The second-order valence-corrected chi connectivity index (χ2v) is 4.72. The third-order valence-corrected chi connectivity index (χ3v) is 3.01. The van der Waals surface area contributed by atoms with E-state index < -0.39 is 30.3 Å². The van der Waals surface area contributed by atoms with Crippen LogP contribution < -0.4 is 5.32 Å². The lowest BCUT2D eigenvalue weighted by atomic mass is 10.2. The molecule has 0 atom stereocenters. The Labute approximate surface area is 137 Å². The Morgan fingerprint density at radius 2 is 1.83 bits per heavy atom. The number of nitrogens with one attached hydrogen (secondary N) is 1. The maximum absolute atomic E-state index is 13.5. The number of hydrogen-bond acceptors (Lipinski definition) is 4. The van der Waals surface area contributed by atoms with Crippen LogP contribution >= 0.6 is 0 Å². The van der Waals surface area contributed by atoms with Crippen LogP contribution in [0.4, 0.5) is 19.3 Å². The van der Waals surface area contributed by atoms with E-state index in [1.807, 2.05) is 0 Å². The fourth-order valence-corrected chi connectivity index (χ4v) is 1.90. The molecule has 2 rings (SSSR count). The molecule has 1 N–H and O–H groups in total. The number of ether oxygens (including phenoxy) is 2. The van der Waals surface area contributed by atoms with Crippen molar-refractivity contribution in [3.63, 3.8) is 0 Å². The summed E-state index contributed by atoms with van der Waals surface area (Å²) >= 11 is 0. The molecule has 2 aromatic rings. The Balaban J connectivity index is 2.02. The first-order valence-electron chi connectivity index (χ1n) is 7.15. The number of benzene rings is 2. The van der Waals surface area contributed by atoms with Crippen molar-refractivity contribution in [1.82, 2.24) is 0 Å². The Morgan fingerprint density at radius 1 is 1.08 bits per heavy atom. The van der Waals surface area contributed by atoms with Gasteiger partial charge in [-0.05, 0) is 31.2 Å². The van der Waals surface area contributed by atoms with Gasteiger partial charge >= 0.3 is 12.1 Å². The average Bonchev–Trinajstić information content (AvgIpc) is 2.56. The molecule has 0 heterocycles. The van der Waals surface area contributed by atoms with E-state index in [0.717, 1.165) is 6.07 Å². The summed E-state index contributed by atoms with van der Waals surface area (Å²) in [5, 5.41) is 2.45. The molecule has 0 fully saturated rings. The van der Waals surface area contributed by atoms with Gasteiger partial charge in [0, 0.05) is 11.3 Å². The number of anilines is 1. The number of hydrogen-bond donors (Lipinski definition) is 1. The lowest BCUT2D eigenvalue weighted by Gasteiger charge is -2.08. The highest BCUT2D eigenvalue weighted by Gasteiger charge is 2.13. The minimum atomic E-state index is -1.05. The van der Waals surface area contributed by atoms with Crippen molar-refractivity contribution in [2.24, 2.45) is 0 Å². The molecule has 0 radical (unpaired) electrons. The summed E-state index contributed by atoms with van der Waals surface area (Å²) in [7, 11) is 0. The van der Waals surface area contributed by atoms with Gasteiger partial charge in [-0.25, -0.2) is 18.4 Å².